The maximum absolute atomic E-state index is 12.2. The van der Waals surface area contributed by atoms with Crippen molar-refractivity contribution < 1.29 is 4.79 Å². The highest BCUT2D eigenvalue weighted by Crippen LogP contribution is 2.49. The van der Waals surface area contributed by atoms with Gasteiger partial charge in [0.1, 0.15) is 0 Å². The van der Waals surface area contributed by atoms with Gasteiger partial charge in [-0.15, -0.1) is 11.8 Å². The monoisotopic (exact) mass is 234 g/mol. The van der Waals surface area contributed by atoms with Crippen LogP contribution in [0, 0.1) is 5.41 Å². The lowest BCUT2D eigenvalue weighted by Gasteiger charge is -2.38. The van der Waals surface area contributed by atoms with Crippen LogP contribution in [0.3, 0.4) is 0 Å². The first-order valence-corrected chi connectivity index (χ1v) is 6.53. The van der Waals surface area contributed by atoms with E-state index in [9.17, 15) is 4.79 Å². The minimum Gasteiger partial charge on any atom is -0.397 e. The maximum atomic E-state index is 12.2. The van der Waals surface area contributed by atoms with Crippen LogP contribution < -0.4 is 11.1 Å². The van der Waals surface area contributed by atoms with Gasteiger partial charge < -0.3 is 11.1 Å². The highest BCUT2D eigenvalue weighted by atomic mass is 32.2. The smallest absolute Gasteiger partial charge is 0.231 e. The van der Waals surface area contributed by atoms with Gasteiger partial charge in [0.2, 0.25) is 5.91 Å². The summed E-state index contributed by atoms with van der Waals surface area (Å²) in [7, 11) is 0. The Labute approximate surface area is 98.8 Å². The Morgan fingerprint density at radius 3 is 2.88 bits per heavy atom. The molecule has 0 aromatic heterocycles. The zero-order valence-corrected chi connectivity index (χ0v) is 9.77. The lowest BCUT2D eigenvalue weighted by Crippen LogP contribution is -2.43. The summed E-state index contributed by atoms with van der Waals surface area (Å²) in [6.07, 6.45) is 3.19. The van der Waals surface area contributed by atoms with E-state index < -0.39 is 0 Å². The predicted molar refractivity (Wildman–Crippen MR) is 66.5 cm³/mol. The van der Waals surface area contributed by atoms with Gasteiger partial charge in [0.25, 0.3) is 0 Å². The third-order valence-electron chi connectivity index (χ3n) is 3.59. The first-order chi connectivity index (χ1) is 7.71. The molecule has 0 unspecified atom stereocenters. The molecule has 1 spiro atoms. The van der Waals surface area contributed by atoms with Crippen LogP contribution in [-0.2, 0) is 4.79 Å². The summed E-state index contributed by atoms with van der Waals surface area (Å²) in [6, 6.07) is 5.79. The first-order valence-electron chi connectivity index (χ1n) is 5.54. The van der Waals surface area contributed by atoms with Gasteiger partial charge in [0.05, 0.1) is 16.8 Å². The normalized spacial score (nSPS) is 21.9. The molecule has 1 aromatic carbocycles. The molecule has 1 saturated carbocycles. The SMILES string of the molecule is Nc1cccc2c1NC(=O)C1(CCC1)CS2. The molecule has 0 radical (unpaired) electrons. The lowest BCUT2D eigenvalue weighted by molar-refractivity contribution is -0.128. The molecule has 1 aliphatic heterocycles. The molecule has 1 aliphatic carbocycles. The fourth-order valence-electron chi connectivity index (χ4n) is 2.30. The highest BCUT2D eigenvalue weighted by molar-refractivity contribution is 7.99. The van der Waals surface area contributed by atoms with Gasteiger partial charge >= 0.3 is 0 Å². The largest absolute Gasteiger partial charge is 0.397 e. The molecule has 0 saturated heterocycles. The maximum Gasteiger partial charge on any atom is 0.231 e. The molecule has 4 heteroatoms. The van der Waals surface area contributed by atoms with Gasteiger partial charge in [-0.05, 0) is 25.0 Å². The van der Waals surface area contributed by atoms with E-state index in [2.05, 4.69) is 5.32 Å². The second-order valence-electron chi connectivity index (χ2n) is 4.60. The summed E-state index contributed by atoms with van der Waals surface area (Å²) in [4.78, 5) is 13.2. The standard InChI is InChI=1S/C12H14N2OS/c13-8-3-1-4-9-10(8)14-11(15)12(7-16-9)5-2-6-12/h1,3-4H,2,5-7,13H2,(H,14,15). The Hall–Kier alpha value is -1.16. The van der Waals surface area contributed by atoms with Crippen molar-refractivity contribution in [2.24, 2.45) is 5.41 Å². The molecule has 0 atom stereocenters. The molecule has 2 aliphatic rings. The van der Waals surface area contributed by atoms with Crippen molar-refractivity contribution in [1.82, 2.24) is 0 Å². The number of nitrogen functional groups attached to an aromatic ring is 1. The molecule has 3 nitrogen and oxygen atoms in total. The fraction of sp³-hybridized carbons (Fsp3) is 0.417. The summed E-state index contributed by atoms with van der Waals surface area (Å²) in [5.74, 6) is 1.04. The molecule has 84 valence electrons. The molecule has 0 bridgehead atoms. The van der Waals surface area contributed by atoms with Crippen molar-refractivity contribution in [3.05, 3.63) is 18.2 Å². The fourth-order valence-corrected chi connectivity index (χ4v) is 3.64. The quantitative estimate of drug-likeness (QED) is 0.678. The average Bonchev–Trinajstić information content (AvgIpc) is 2.35. The zero-order valence-electron chi connectivity index (χ0n) is 8.95. The van der Waals surface area contributed by atoms with Gasteiger partial charge in [-0.1, -0.05) is 12.5 Å². The number of nitrogens with one attached hydrogen (secondary N) is 1. The van der Waals surface area contributed by atoms with Gasteiger partial charge in [-0.25, -0.2) is 0 Å². The number of amides is 1. The van der Waals surface area contributed by atoms with Gasteiger partial charge in [0, 0.05) is 10.6 Å². The van der Waals surface area contributed by atoms with Crippen LogP contribution in [0.5, 0.6) is 0 Å². The van der Waals surface area contributed by atoms with E-state index in [1.165, 1.54) is 6.42 Å². The number of anilines is 2. The van der Waals surface area contributed by atoms with Crippen molar-refractivity contribution in [3.8, 4) is 0 Å². The van der Waals surface area contributed by atoms with E-state index in [-0.39, 0.29) is 11.3 Å². The number of carbonyl (C=O) groups is 1. The number of hydrogen-bond acceptors (Lipinski definition) is 3. The van der Waals surface area contributed by atoms with Gasteiger partial charge in [-0.2, -0.15) is 0 Å². The molecule has 1 aromatic rings. The molecular formula is C12H14N2OS. The second-order valence-corrected chi connectivity index (χ2v) is 5.61. The van der Waals surface area contributed by atoms with Crippen LogP contribution in [0.15, 0.2) is 23.1 Å². The molecule has 1 amide bonds. The Morgan fingerprint density at radius 2 is 2.19 bits per heavy atom. The van der Waals surface area contributed by atoms with Gasteiger partial charge in [-0.3, -0.25) is 4.79 Å². The third-order valence-corrected chi connectivity index (χ3v) is 4.94. The van der Waals surface area contributed by atoms with E-state index >= 15 is 0 Å². The van der Waals surface area contributed by atoms with Crippen molar-refractivity contribution in [2.75, 3.05) is 16.8 Å². The van der Waals surface area contributed by atoms with Crippen LogP contribution in [0.2, 0.25) is 0 Å². The van der Waals surface area contributed by atoms with Crippen LogP contribution in [0.25, 0.3) is 0 Å². The van der Waals surface area contributed by atoms with E-state index in [1.807, 2.05) is 18.2 Å². The summed E-state index contributed by atoms with van der Waals surface area (Å²) < 4.78 is 0. The predicted octanol–water partition coefficient (Wildman–Crippen LogP) is 2.48. The highest BCUT2D eigenvalue weighted by Gasteiger charge is 2.45. The Balaban J connectivity index is 2.00. The van der Waals surface area contributed by atoms with Crippen LogP contribution in [0.1, 0.15) is 19.3 Å². The lowest BCUT2D eigenvalue weighted by atomic mass is 9.69. The molecular weight excluding hydrogens is 220 g/mol. The molecule has 1 heterocycles. The number of nitrogens with two attached hydrogens (primary N) is 1. The number of rotatable bonds is 0. The Morgan fingerprint density at radius 1 is 1.38 bits per heavy atom. The van der Waals surface area contributed by atoms with Crippen LogP contribution in [-0.4, -0.2) is 11.7 Å². The first kappa shape index (κ1) is 10.0. The topological polar surface area (TPSA) is 55.1 Å². The molecule has 1 fully saturated rings. The van der Waals surface area contributed by atoms with Crippen LogP contribution in [0.4, 0.5) is 11.4 Å². The number of fused-ring (bicyclic) bond motifs is 1. The average molecular weight is 234 g/mol. The summed E-state index contributed by atoms with van der Waals surface area (Å²) >= 11 is 1.75. The molecule has 16 heavy (non-hydrogen) atoms. The van der Waals surface area contributed by atoms with Crippen LogP contribution >= 0.6 is 11.8 Å². The second kappa shape index (κ2) is 3.42. The number of carbonyl (C=O) groups excluding carboxylic acids is 1. The minimum absolute atomic E-state index is 0.129. The van der Waals surface area contributed by atoms with E-state index in [0.717, 1.165) is 29.2 Å². The summed E-state index contributed by atoms with van der Waals surface area (Å²) in [5.41, 5.74) is 7.23. The minimum atomic E-state index is -0.129. The van der Waals surface area contributed by atoms with Crippen molar-refractivity contribution in [3.63, 3.8) is 0 Å². The van der Waals surface area contributed by atoms with E-state index in [1.54, 1.807) is 11.8 Å². The number of para-hydroxylation sites is 1. The number of benzene rings is 1. The summed E-state index contributed by atoms with van der Waals surface area (Å²) in [5, 5.41) is 3.00. The van der Waals surface area contributed by atoms with Crippen molar-refractivity contribution in [2.45, 2.75) is 24.2 Å². The third kappa shape index (κ3) is 1.33. The Bertz CT molecular complexity index is 454. The van der Waals surface area contributed by atoms with Gasteiger partial charge in [0.15, 0.2) is 0 Å². The van der Waals surface area contributed by atoms with E-state index in [4.69, 9.17) is 5.73 Å². The zero-order chi connectivity index (χ0) is 11.2. The summed E-state index contributed by atoms with van der Waals surface area (Å²) in [6.45, 7) is 0. The Kier molecular flexibility index (Phi) is 2.14. The van der Waals surface area contributed by atoms with Crippen molar-refractivity contribution in [1.29, 1.82) is 0 Å². The molecule has 3 N–H and O–H groups in total. The number of hydrogen-bond donors (Lipinski definition) is 2. The number of thioether (sulfide) groups is 1. The van der Waals surface area contributed by atoms with E-state index in [0.29, 0.717) is 5.69 Å². The molecule has 3 rings (SSSR count). The van der Waals surface area contributed by atoms with Crippen molar-refractivity contribution >= 4 is 29.0 Å².